The summed E-state index contributed by atoms with van der Waals surface area (Å²) in [6.07, 6.45) is 0. The number of nitrogens with zero attached hydrogens (tertiary/aromatic N) is 1. The van der Waals surface area contributed by atoms with E-state index in [1.807, 2.05) is 0 Å². The van der Waals surface area contributed by atoms with Crippen LogP contribution in [0.3, 0.4) is 0 Å². The summed E-state index contributed by atoms with van der Waals surface area (Å²) in [5.74, 6) is -1.55. The number of nitrogens with two attached hydrogens (primary N) is 1. The lowest BCUT2D eigenvalue weighted by Crippen LogP contribution is -2.25. The molecular formula is C17H16N4O4. The summed E-state index contributed by atoms with van der Waals surface area (Å²) in [5.41, 5.74) is 6.65. The Hall–Kier alpha value is -3.42. The smallest absolute Gasteiger partial charge is 0.262 e. The van der Waals surface area contributed by atoms with Crippen molar-refractivity contribution in [2.24, 2.45) is 0 Å². The highest BCUT2D eigenvalue weighted by Gasteiger charge is 2.31. The third-order valence-corrected chi connectivity index (χ3v) is 4.00. The second-order valence-electron chi connectivity index (χ2n) is 5.79. The number of pyridine rings is 1. The van der Waals surface area contributed by atoms with Crippen LogP contribution in [-0.2, 0) is 4.79 Å². The van der Waals surface area contributed by atoms with E-state index in [9.17, 15) is 19.2 Å². The largest absolute Gasteiger partial charge is 0.384 e. The fraction of sp³-hybridized carbons (Fsp3) is 0.176. The summed E-state index contributed by atoms with van der Waals surface area (Å²) >= 11 is 0. The van der Waals surface area contributed by atoms with Crippen LogP contribution in [0.2, 0.25) is 0 Å². The average Bonchev–Trinajstić information content (AvgIpc) is 2.81. The molecule has 25 heavy (non-hydrogen) atoms. The van der Waals surface area contributed by atoms with E-state index in [1.54, 1.807) is 31.2 Å². The lowest BCUT2D eigenvalue weighted by Gasteiger charge is -2.16. The molecular weight excluding hydrogens is 324 g/mol. The molecule has 1 aromatic heterocycles. The van der Waals surface area contributed by atoms with Crippen LogP contribution in [0.1, 0.15) is 46.2 Å². The van der Waals surface area contributed by atoms with E-state index in [0.29, 0.717) is 5.69 Å². The van der Waals surface area contributed by atoms with E-state index >= 15 is 0 Å². The van der Waals surface area contributed by atoms with Gasteiger partial charge in [0.1, 0.15) is 5.82 Å². The Morgan fingerprint density at radius 1 is 1.20 bits per heavy atom. The van der Waals surface area contributed by atoms with Crippen LogP contribution >= 0.6 is 0 Å². The van der Waals surface area contributed by atoms with Crippen LogP contribution in [0.5, 0.6) is 0 Å². The molecule has 0 aliphatic carbocycles. The Balaban J connectivity index is 2.14. The van der Waals surface area contributed by atoms with Gasteiger partial charge in [-0.2, -0.15) is 0 Å². The predicted octanol–water partition coefficient (Wildman–Crippen LogP) is 0.500. The molecule has 0 radical (unpaired) electrons. The first-order valence-electron chi connectivity index (χ1n) is 7.58. The van der Waals surface area contributed by atoms with Crippen LogP contribution in [0, 0.1) is 0 Å². The fourth-order valence-electron chi connectivity index (χ4n) is 2.87. The molecule has 0 fully saturated rings. The number of nitrogen functional groups attached to an aromatic ring is 1. The zero-order valence-corrected chi connectivity index (χ0v) is 13.6. The van der Waals surface area contributed by atoms with Crippen molar-refractivity contribution in [1.82, 2.24) is 15.2 Å². The van der Waals surface area contributed by atoms with Crippen LogP contribution in [0.15, 0.2) is 35.1 Å². The highest BCUT2D eigenvalue weighted by molar-refractivity contribution is 6.23. The highest BCUT2D eigenvalue weighted by Crippen LogP contribution is 2.24. The third-order valence-electron chi connectivity index (χ3n) is 4.00. The number of anilines is 1. The molecule has 4 N–H and O–H groups in total. The van der Waals surface area contributed by atoms with Gasteiger partial charge in [0, 0.05) is 13.0 Å². The third kappa shape index (κ3) is 2.78. The molecule has 3 rings (SSSR count). The number of benzene rings is 1. The second kappa shape index (κ2) is 5.90. The minimum Gasteiger partial charge on any atom is -0.384 e. The summed E-state index contributed by atoms with van der Waals surface area (Å²) in [7, 11) is 0. The maximum atomic E-state index is 12.4. The topological polar surface area (TPSA) is 123 Å². The standard InChI is InChI=1S/C17H16N4O4/c1-8(19-9(2)22)10-4-3-5-11(6-10)21-13(23)7-12-14(15(21)18)17(25)20-16(12)24/h3-8H,18H2,1-2H3,(H,19,22)(H,20,24,25). The quantitative estimate of drug-likeness (QED) is 0.702. The van der Waals surface area contributed by atoms with Gasteiger partial charge < -0.3 is 11.1 Å². The van der Waals surface area contributed by atoms with Gasteiger partial charge in [-0.3, -0.25) is 29.1 Å². The Morgan fingerprint density at radius 2 is 1.92 bits per heavy atom. The van der Waals surface area contributed by atoms with Gasteiger partial charge in [0.25, 0.3) is 17.4 Å². The van der Waals surface area contributed by atoms with Crippen LogP contribution in [-0.4, -0.2) is 22.3 Å². The maximum Gasteiger partial charge on any atom is 0.262 e. The van der Waals surface area contributed by atoms with Crippen LogP contribution in [0.25, 0.3) is 5.69 Å². The first-order valence-corrected chi connectivity index (χ1v) is 7.58. The first-order chi connectivity index (χ1) is 11.8. The Labute approximate surface area is 142 Å². The van der Waals surface area contributed by atoms with E-state index in [4.69, 9.17) is 5.73 Å². The zero-order chi connectivity index (χ0) is 18.3. The molecule has 1 unspecified atom stereocenters. The van der Waals surface area contributed by atoms with Gasteiger partial charge >= 0.3 is 0 Å². The van der Waals surface area contributed by atoms with Crippen molar-refractivity contribution in [2.75, 3.05) is 5.73 Å². The number of carbonyl (C=O) groups is 3. The van der Waals surface area contributed by atoms with Gasteiger partial charge in [0.2, 0.25) is 5.91 Å². The summed E-state index contributed by atoms with van der Waals surface area (Å²) in [5, 5.41) is 4.88. The Morgan fingerprint density at radius 3 is 2.60 bits per heavy atom. The van der Waals surface area contributed by atoms with Crippen molar-refractivity contribution in [1.29, 1.82) is 0 Å². The van der Waals surface area contributed by atoms with Crippen molar-refractivity contribution >= 4 is 23.5 Å². The minimum absolute atomic E-state index is 0.00934. The minimum atomic E-state index is -0.635. The van der Waals surface area contributed by atoms with E-state index < -0.39 is 17.4 Å². The van der Waals surface area contributed by atoms with Gasteiger partial charge in [-0.15, -0.1) is 0 Å². The summed E-state index contributed by atoms with van der Waals surface area (Å²) < 4.78 is 1.17. The van der Waals surface area contributed by atoms with Gasteiger partial charge in [-0.1, -0.05) is 12.1 Å². The first kappa shape index (κ1) is 16.4. The van der Waals surface area contributed by atoms with E-state index in [2.05, 4.69) is 10.6 Å². The zero-order valence-electron chi connectivity index (χ0n) is 13.6. The predicted molar refractivity (Wildman–Crippen MR) is 90.5 cm³/mol. The molecule has 3 amide bonds. The van der Waals surface area contributed by atoms with Gasteiger partial charge in [0.05, 0.1) is 22.9 Å². The molecule has 1 atom stereocenters. The monoisotopic (exact) mass is 340 g/mol. The number of hydrogen-bond acceptors (Lipinski definition) is 5. The van der Waals surface area contributed by atoms with E-state index in [0.717, 1.165) is 11.6 Å². The SMILES string of the molecule is CC(=O)NC(C)c1cccc(-n2c(N)c3c(cc2=O)C(=O)NC3=O)c1. The number of hydrogen-bond donors (Lipinski definition) is 3. The Bertz CT molecular complexity index is 977. The van der Waals surface area contributed by atoms with E-state index in [1.165, 1.54) is 11.5 Å². The number of imide groups is 1. The number of fused-ring (bicyclic) bond motifs is 1. The number of amides is 3. The molecule has 2 aromatic rings. The molecule has 1 aliphatic heterocycles. The lowest BCUT2D eigenvalue weighted by atomic mass is 10.1. The molecule has 1 aromatic carbocycles. The van der Waals surface area contributed by atoms with Crippen molar-refractivity contribution in [3.63, 3.8) is 0 Å². The Kier molecular flexibility index (Phi) is 3.88. The molecule has 8 nitrogen and oxygen atoms in total. The summed E-state index contributed by atoms with van der Waals surface area (Å²) in [4.78, 5) is 47.3. The summed E-state index contributed by atoms with van der Waals surface area (Å²) in [6, 6.07) is 7.69. The molecule has 8 heteroatoms. The molecule has 0 saturated carbocycles. The van der Waals surface area contributed by atoms with E-state index in [-0.39, 0.29) is 28.9 Å². The van der Waals surface area contributed by atoms with Gasteiger partial charge in [-0.05, 0) is 24.6 Å². The second-order valence-corrected chi connectivity index (χ2v) is 5.79. The fourth-order valence-corrected chi connectivity index (χ4v) is 2.87. The average molecular weight is 340 g/mol. The van der Waals surface area contributed by atoms with Crippen molar-refractivity contribution in [2.45, 2.75) is 19.9 Å². The molecule has 128 valence electrons. The number of aromatic nitrogens is 1. The molecule has 0 spiro atoms. The molecule has 0 bridgehead atoms. The van der Waals surface area contributed by atoms with Crippen molar-refractivity contribution in [3.8, 4) is 5.69 Å². The maximum absolute atomic E-state index is 12.4. The number of nitrogens with one attached hydrogen (secondary N) is 2. The van der Waals surface area contributed by atoms with Crippen molar-refractivity contribution in [3.05, 3.63) is 57.4 Å². The highest BCUT2D eigenvalue weighted by atomic mass is 16.2. The van der Waals surface area contributed by atoms with Crippen LogP contribution in [0.4, 0.5) is 5.82 Å². The number of rotatable bonds is 3. The molecule has 0 saturated heterocycles. The molecule has 1 aliphatic rings. The van der Waals surface area contributed by atoms with Gasteiger partial charge in [0.15, 0.2) is 0 Å². The number of carbonyl (C=O) groups excluding carboxylic acids is 3. The summed E-state index contributed by atoms with van der Waals surface area (Å²) in [6.45, 7) is 3.22. The normalized spacial score (nSPS) is 14.0. The van der Waals surface area contributed by atoms with Crippen LogP contribution < -0.4 is 21.9 Å². The lowest BCUT2D eigenvalue weighted by molar-refractivity contribution is -0.119. The van der Waals surface area contributed by atoms with Crippen molar-refractivity contribution < 1.29 is 14.4 Å². The van der Waals surface area contributed by atoms with Gasteiger partial charge in [-0.25, -0.2) is 0 Å². The molecule has 2 heterocycles.